The van der Waals surface area contributed by atoms with E-state index < -0.39 is 5.97 Å². The second-order valence-corrected chi connectivity index (χ2v) is 5.69. The third kappa shape index (κ3) is 4.93. The lowest BCUT2D eigenvalue weighted by atomic mass is 9.95. The number of hydrogen-bond acceptors (Lipinski definition) is 4. The minimum Gasteiger partial charge on any atom is -0.452 e. The van der Waals surface area contributed by atoms with Crippen LogP contribution in [0, 0.1) is 0 Å². The molecule has 1 aliphatic rings. The molecule has 0 bridgehead atoms. The van der Waals surface area contributed by atoms with Gasteiger partial charge in [0.15, 0.2) is 6.61 Å². The highest BCUT2D eigenvalue weighted by Crippen LogP contribution is 2.18. The predicted octanol–water partition coefficient (Wildman–Crippen LogP) is 2.53. The Hall–Kier alpha value is -1.75. The molecule has 6 heteroatoms. The highest BCUT2D eigenvalue weighted by molar-refractivity contribution is 6.31. The summed E-state index contributed by atoms with van der Waals surface area (Å²) in [6.07, 6.45) is 5.46. The molecule has 0 radical (unpaired) electrons. The number of ether oxygens (including phenoxy) is 1. The maximum atomic E-state index is 11.8. The second kappa shape index (κ2) is 7.31. The SMILES string of the molecule is Nc1cc(Cl)cc(C(=O)OCC(=O)NC2CCCCC2)c1. The molecule has 0 unspecified atom stereocenters. The fourth-order valence-corrected chi connectivity index (χ4v) is 2.70. The second-order valence-electron chi connectivity index (χ2n) is 5.25. The fourth-order valence-electron chi connectivity index (χ4n) is 2.46. The van der Waals surface area contributed by atoms with Crippen molar-refractivity contribution in [3.8, 4) is 0 Å². The minimum absolute atomic E-state index is 0.201. The van der Waals surface area contributed by atoms with Crippen LogP contribution in [0.5, 0.6) is 0 Å². The van der Waals surface area contributed by atoms with Crippen molar-refractivity contribution in [2.45, 2.75) is 38.1 Å². The van der Waals surface area contributed by atoms with Crippen molar-refractivity contribution >= 4 is 29.2 Å². The summed E-state index contributed by atoms with van der Waals surface area (Å²) in [7, 11) is 0. The first-order chi connectivity index (χ1) is 10.0. The zero-order chi connectivity index (χ0) is 15.2. The van der Waals surface area contributed by atoms with Crippen LogP contribution >= 0.6 is 11.6 Å². The van der Waals surface area contributed by atoms with E-state index in [-0.39, 0.29) is 24.1 Å². The van der Waals surface area contributed by atoms with Gasteiger partial charge in [-0.2, -0.15) is 0 Å². The van der Waals surface area contributed by atoms with E-state index in [2.05, 4.69) is 5.32 Å². The van der Waals surface area contributed by atoms with Crippen LogP contribution in [-0.2, 0) is 9.53 Å². The van der Waals surface area contributed by atoms with Crippen molar-refractivity contribution in [3.63, 3.8) is 0 Å². The van der Waals surface area contributed by atoms with E-state index in [1.807, 2.05) is 0 Å². The first kappa shape index (κ1) is 15.6. The smallest absolute Gasteiger partial charge is 0.338 e. The quantitative estimate of drug-likeness (QED) is 0.661. The molecule has 2 rings (SSSR count). The van der Waals surface area contributed by atoms with Crippen LogP contribution < -0.4 is 11.1 Å². The maximum Gasteiger partial charge on any atom is 0.338 e. The van der Waals surface area contributed by atoms with E-state index in [1.165, 1.54) is 24.6 Å². The highest BCUT2D eigenvalue weighted by atomic mass is 35.5. The van der Waals surface area contributed by atoms with Gasteiger partial charge in [-0.15, -0.1) is 0 Å². The molecule has 0 saturated heterocycles. The summed E-state index contributed by atoms with van der Waals surface area (Å²) in [6, 6.07) is 4.66. The van der Waals surface area contributed by atoms with Crippen LogP contribution in [0.25, 0.3) is 0 Å². The molecule has 0 spiro atoms. The number of esters is 1. The van der Waals surface area contributed by atoms with E-state index in [9.17, 15) is 9.59 Å². The Kier molecular flexibility index (Phi) is 5.44. The van der Waals surface area contributed by atoms with Crippen molar-refractivity contribution < 1.29 is 14.3 Å². The molecule has 0 heterocycles. The van der Waals surface area contributed by atoms with Crippen LogP contribution in [0.1, 0.15) is 42.5 Å². The molecule has 1 aliphatic carbocycles. The molecule has 1 amide bonds. The summed E-state index contributed by atoms with van der Waals surface area (Å²) < 4.78 is 4.98. The van der Waals surface area contributed by atoms with Gasteiger partial charge in [0.05, 0.1) is 5.56 Å². The summed E-state index contributed by atoms with van der Waals surface area (Å²) in [5.74, 6) is -0.881. The summed E-state index contributed by atoms with van der Waals surface area (Å²) in [6.45, 7) is -0.290. The van der Waals surface area contributed by atoms with E-state index in [4.69, 9.17) is 22.1 Å². The van der Waals surface area contributed by atoms with Crippen LogP contribution in [0.2, 0.25) is 5.02 Å². The first-order valence-electron chi connectivity index (χ1n) is 7.07. The molecule has 1 aromatic carbocycles. The lowest BCUT2D eigenvalue weighted by Gasteiger charge is -2.22. The van der Waals surface area contributed by atoms with E-state index in [0.717, 1.165) is 25.7 Å². The molecule has 1 aromatic rings. The van der Waals surface area contributed by atoms with Gasteiger partial charge in [-0.3, -0.25) is 4.79 Å². The Morgan fingerprint density at radius 3 is 2.62 bits per heavy atom. The molecule has 0 atom stereocenters. The van der Waals surface area contributed by atoms with Crippen molar-refractivity contribution in [1.82, 2.24) is 5.32 Å². The number of nitrogens with two attached hydrogens (primary N) is 1. The summed E-state index contributed by atoms with van der Waals surface area (Å²) in [4.78, 5) is 23.6. The molecule has 0 aliphatic heterocycles. The standard InChI is InChI=1S/C15H19ClN2O3/c16-11-6-10(7-12(17)8-11)15(20)21-9-14(19)18-13-4-2-1-3-5-13/h6-8,13H,1-5,9,17H2,(H,18,19). The molecule has 1 fully saturated rings. The third-order valence-corrected chi connectivity index (χ3v) is 3.68. The lowest BCUT2D eigenvalue weighted by Crippen LogP contribution is -2.38. The van der Waals surface area contributed by atoms with Crippen molar-refractivity contribution in [1.29, 1.82) is 0 Å². The molecule has 114 valence electrons. The first-order valence-corrected chi connectivity index (χ1v) is 7.45. The predicted molar refractivity (Wildman–Crippen MR) is 81.2 cm³/mol. The topological polar surface area (TPSA) is 81.4 Å². The number of halogens is 1. The number of carbonyl (C=O) groups excluding carboxylic acids is 2. The number of benzene rings is 1. The monoisotopic (exact) mass is 310 g/mol. The molecule has 3 N–H and O–H groups in total. The molecule has 0 aromatic heterocycles. The van der Waals surface area contributed by atoms with Crippen LogP contribution in [0.4, 0.5) is 5.69 Å². The number of hydrogen-bond donors (Lipinski definition) is 2. The van der Waals surface area contributed by atoms with Gasteiger partial charge in [-0.05, 0) is 31.0 Å². The van der Waals surface area contributed by atoms with E-state index in [1.54, 1.807) is 0 Å². The van der Waals surface area contributed by atoms with Crippen molar-refractivity contribution in [2.75, 3.05) is 12.3 Å². The Morgan fingerprint density at radius 2 is 1.95 bits per heavy atom. The summed E-state index contributed by atoms with van der Waals surface area (Å²) >= 11 is 5.82. The number of anilines is 1. The van der Waals surface area contributed by atoms with Crippen LogP contribution in [0.3, 0.4) is 0 Å². The maximum absolute atomic E-state index is 11.8. The van der Waals surface area contributed by atoms with Gasteiger partial charge >= 0.3 is 5.97 Å². The average Bonchev–Trinajstić information content (AvgIpc) is 2.45. The zero-order valence-corrected chi connectivity index (χ0v) is 12.5. The number of nitrogens with one attached hydrogen (secondary N) is 1. The number of rotatable bonds is 4. The number of carbonyl (C=O) groups is 2. The van der Waals surface area contributed by atoms with Crippen LogP contribution in [-0.4, -0.2) is 24.5 Å². The van der Waals surface area contributed by atoms with Gasteiger partial charge in [-0.1, -0.05) is 30.9 Å². The lowest BCUT2D eigenvalue weighted by molar-refractivity contribution is -0.125. The summed E-state index contributed by atoms with van der Waals surface area (Å²) in [5.41, 5.74) is 6.22. The third-order valence-electron chi connectivity index (χ3n) is 3.46. The van der Waals surface area contributed by atoms with E-state index >= 15 is 0 Å². The minimum atomic E-state index is -0.608. The van der Waals surface area contributed by atoms with Gasteiger partial charge in [0.25, 0.3) is 5.91 Å². The van der Waals surface area contributed by atoms with Gasteiger partial charge in [-0.25, -0.2) is 4.79 Å². The van der Waals surface area contributed by atoms with Crippen molar-refractivity contribution in [2.24, 2.45) is 0 Å². The largest absolute Gasteiger partial charge is 0.452 e. The number of amides is 1. The fraction of sp³-hybridized carbons (Fsp3) is 0.467. The van der Waals surface area contributed by atoms with Crippen LogP contribution in [0.15, 0.2) is 18.2 Å². The average molecular weight is 311 g/mol. The molecular weight excluding hydrogens is 292 g/mol. The van der Waals surface area contributed by atoms with Crippen molar-refractivity contribution in [3.05, 3.63) is 28.8 Å². The van der Waals surface area contributed by atoms with E-state index in [0.29, 0.717) is 10.7 Å². The summed E-state index contributed by atoms with van der Waals surface area (Å²) in [5, 5.41) is 3.24. The Balaban J connectivity index is 1.81. The van der Waals surface area contributed by atoms with Gasteiger partial charge < -0.3 is 15.8 Å². The van der Waals surface area contributed by atoms with Gasteiger partial charge in [0.2, 0.25) is 0 Å². The highest BCUT2D eigenvalue weighted by Gasteiger charge is 2.17. The Morgan fingerprint density at radius 1 is 1.24 bits per heavy atom. The van der Waals surface area contributed by atoms with Gasteiger partial charge in [0, 0.05) is 16.8 Å². The normalized spacial score (nSPS) is 15.5. The zero-order valence-electron chi connectivity index (χ0n) is 11.7. The Bertz CT molecular complexity index is 507. The van der Waals surface area contributed by atoms with Gasteiger partial charge in [0.1, 0.15) is 0 Å². The molecular formula is C15H19ClN2O3. The number of nitrogen functional groups attached to an aromatic ring is 1. The molecule has 5 nitrogen and oxygen atoms in total. The molecule has 21 heavy (non-hydrogen) atoms. The Labute approximate surface area is 128 Å². The molecule has 1 saturated carbocycles.